The maximum Gasteiger partial charge on any atom is 0.317 e. The number of phenols is 1. The zero-order valence-corrected chi connectivity index (χ0v) is 17.9. The minimum Gasteiger partial charge on any atom is -0.505 e. The molecule has 2 N–H and O–H groups in total. The van der Waals surface area contributed by atoms with E-state index in [1.54, 1.807) is 24.3 Å². The van der Waals surface area contributed by atoms with Crippen LogP contribution in [0.4, 0.5) is 0 Å². The molecule has 0 spiro atoms. The molecule has 4 rings (SSSR count). The van der Waals surface area contributed by atoms with E-state index in [4.69, 9.17) is 27.9 Å². The highest BCUT2D eigenvalue weighted by Gasteiger charge is 2.20. The standard InChI is InChI=1S/C22H16Cl2N4O4/c23-18-10-15(11-19(24)20(18)29)27-13-25-21(26-27)22(30)28(31)12-14-6-8-17(9-7-14)32-16-4-2-1-3-5-16/h1-11,13,29,31H,12H2. The number of phenolic OH excluding ortho intramolecular Hbond substituents is 1. The first-order chi connectivity index (χ1) is 15.4. The summed E-state index contributed by atoms with van der Waals surface area (Å²) in [6.07, 6.45) is 1.27. The minimum atomic E-state index is -0.788. The molecule has 0 aliphatic carbocycles. The highest BCUT2D eigenvalue weighted by atomic mass is 35.5. The number of rotatable bonds is 6. The zero-order valence-electron chi connectivity index (χ0n) is 16.4. The second-order valence-corrected chi connectivity index (χ2v) is 7.51. The fourth-order valence-electron chi connectivity index (χ4n) is 2.82. The molecule has 8 nitrogen and oxygen atoms in total. The monoisotopic (exact) mass is 470 g/mol. The summed E-state index contributed by atoms with van der Waals surface area (Å²) in [6.45, 7) is -0.0736. The maximum absolute atomic E-state index is 12.5. The molecule has 4 aromatic rings. The predicted molar refractivity (Wildman–Crippen MR) is 118 cm³/mol. The van der Waals surface area contributed by atoms with Crippen molar-refractivity contribution in [2.45, 2.75) is 6.54 Å². The lowest BCUT2D eigenvalue weighted by molar-refractivity contribution is -0.0656. The van der Waals surface area contributed by atoms with Crippen molar-refractivity contribution < 1.29 is 19.8 Å². The van der Waals surface area contributed by atoms with Gasteiger partial charge in [-0.1, -0.05) is 53.5 Å². The summed E-state index contributed by atoms with van der Waals surface area (Å²) in [4.78, 5) is 16.4. The van der Waals surface area contributed by atoms with Gasteiger partial charge in [0.15, 0.2) is 5.75 Å². The highest BCUT2D eigenvalue weighted by Crippen LogP contribution is 2.33. The van der Waals surface area contributed by atoms with Crippen LogP contribution in [-0.4, -0.2) is 36.0 Å². The van der Waals surface area contributed by atoms with Gasteiger partial charge in [0, 0.05) is 0 Å². The Kier molecular flexibility index (Phi) is 6.27. The number of amides is 1. The van der Waals surface area contributed by atoms with Crippen LogP contribution in [-0.2, 0) is 6.54 Å². The van der Waals surface area contributed by atoms with Gasteiger partial charge < -0.3 is 9.84 Å². The first-order valence-corrected chi connectivity index (χ1v) is 10.1. The Hall–Kier alpha value is -3.59. The molecule has 0 saturated carbocycles. The van der Waals surface area contributed by atoms with Crippen molar-refractivity contribution in [1.82, 2.24) is 19.8 Å². The molecule has 0 radical (unpaired) electrons. The Bertz CT molecular complexity index is 1220. The normalized spacial score (nSPS) is 10.7. The molecule has 0 unspecified atom stereocenters. The van der Waals surface area contributed by atoms with Crippen LogP contribution >= 0.6 is 23.2 Å². The van der Waals surface area contributed by atoms with E-state index >= 15 is 0 Å². The van der Waals surface area contributed by atoms with E-state index < -0.39 is 5.91 Å². The number of para-hydroxylation sites is 1. The average molecular weight is 471 g/mol. The molecule has 0 fully saturated rings. The van der Waals surface area contributed by atoms with Crippen molar-refractivity contribution in [3.8, 4) is 22.9 Å². The molecule has 0 aliphatic heterocycles. The van der Waals surface area contributed by atoms with Crippen molar-refractivity contribution in [1.29, 1.82) is 0 Å². The summed E-state index contributed by atoms with van der Waals surface area (Å²) in [6, 6.07) is 19.1. The summed E-state index contributed by atoms with van der Waals surface area (Å²) < 4.78 is 6.98. The number of aromatic hydroxyl groups is 1. The van der Waals surface area contributed by atoms with Crippen LogP contribution in [0.1, 0.15) is 16.2 Å². The SMILES string of the molecule is O=C(c1ncn(-c2cc(Cl)c(O)c(Cl)c2)n1)N(O)Cc1ccc(Oc2ccccc2)cc1. The molecule has 0 aliphatic rings. The van der Waals surface area contributed by atoms with Crippen molar-refractivity contribution in [2.75, 3.05) is 0 Å². The number of carbonyl (C=O) groups is 1. The van der Waals surface area contributed by atoms with Crippen LogP contribution in [0.3, 0.4) is 0 Å². The second-order valence-electron chi connectivity index (χ2n) is 6.69. The van der Waals surface area contributed by atoms with Gasteiger partial charge in [-0.25, -0.2) is 14.7 Å². The van der Waals surface area contributed by atoms with Gasteiger partial charge in [0.05, 0.1) is 22.3 Å². The number of hydroxylamine groups is 2. The molecule has 32 heavy (non-hydrogen) atoms. The summed E-state index contributed by atoms with van der Waals surface area (Å²) in [5.41, 5.74) is 1.07. The van der Waals surface area contributed by atoms with Gasteiger partial charge in [-0.05, 0) is 42.0 Å². The predicted octanol–water partition coefficient (Wildman–Crippen LogP) is 5.10. The number of hydrogen-bond donors (Lipinski definition) is 2. The summed E-state index contributed by atoms with van der Waals surface area (Å²) in [7, 11) is 0. The van der Waals surface area contributed by atoms with E-state index in [0.29, 0.717) is 27.8 Å². The van der Waals surface area contributed by atoms with Crippen molar-refractivity contribution in [3.63, 3.8) is 0 Å². The summed E-state index contributed by atoms with van der Waals surface area (Å²) >= 11 is 11.8. The molecule has 10 heteroatoms. The van der Waals surface area contributed by atoms with Crippen LogP contribution < -0.4 is 4.74 Å². The third-order valence-corrected chi connectivity index (χ3v) is 4.99. The number of benzene rings is 3. The topological polar surface area (TPSA) is 101 Å². The Labute approximate surface area is 192 Å². The number of hydrogen-bond acceptors (Lipinski definition) is 6. The van der Waals surface area contributed by atoms with Crippen LogP contribution in [0.15, 0.2) is 73.1 Å². The number of ether oxygens (including phenoxy) is 1. The Morgan fingerprint density at radius 3 is 2.28 bits per heavy atom. The largest absolute Gasteiger partial charge is 0.505 e. The molecule has 0 bridgehead atoms. The van der Waals surface area contributed by atoms with Gasteiger partial charge in [0.2, 0.25) is 5.82 Å². The molecule has 3 aromatic carbocycles. The Morgan fingerprint density at radius 1 is 1.00 bits per heavy atom. The first-order valence-electron chi connectivity index (χ1n) is 9.33. The number of nitrogens with zero attached hydrogens (tertiary/aromatic N) is 4. The lowest BCUT2D eigenvalue weighted by Gasteiger charge is -2.13. The third-order valence-electron chi connectivity index (χ3n) is 4.42. The van der Waals surface area contributed by atoms with Gasteiger partial charge in [0.1, 0.15) is 17.8 Å². The third kappa shape index (κ3) is 4.83. The van der Waals surface area contributed by atoms with Crippen molar-refractivity contribution in [3.05, 3.63) is 94.5 Å². The number of aromatic nitrogens is 3. The van der Waals surface area contributed by atoms with Crippen LogP contribution in [0.2, 0.25) is 10.0 Å². The fourth-order valence-corrected chi connectivity index (χ4v) is 3.29. The molecular formula is C22H16Cl2N4O4. The van der Waals surface area contributed by atoms with Crippen molar-refractivity contribution in [2.24, 2.45) is 0 Å². The van der Waals surface area contributed by atoms with Gasteiger partial charge in [0.25, 0.3) is 0 Å². The molecule has 1 heterocycles. The molecule has 1 amide bonds. The van der Waals surface area contributed by atoms with Gasteiger partial charge in [-0.2, -0.15) is 0 Å². The zero-order chi connectivity index (χ0) is 22.7. The highest BCUT2D eigenvalue weighted by molar-refractivity contribution is 6.37. The number of carbonyl (C=O) groups excluding carboxylic acids is 1. The van der Waals surface area contributed by atoms with E-state index in [2.05, 4.69) is 10.1 Å². The average Bonchev–Trinajstić information content (AvgIpc) is 3.29. The lowest BCUT2D eigenvalue weighted by atomic mass is 10.2. The minimum absolute atomic E-state index is 0.0272. The van der Waals surface area contributed by atoms with E-state index in [1.807, 2.05) is 30.3 Å². The van der Waals surface area contributed by atoms with Crippen LogP contribution in [0.25, 0.3) is 5.69 Å². The molecular weight excluding hydrogens is 455 g/mol. The smallest absolute Gasteiger partial charge is 0.317 e. The molecule has 162 valence electrons. The quantitative estimate of drug-likeness (QED) is 0.300. The van der Waals surface area contributed by atoms with Gasteiger partial charge >= 0.3 is 5.91 Å². The van der Waals surface area contributed by atoms with Gasteiger partial charge in [-0.3, -0.25) is 10.0 Å². The van der Waals surface area contributed by atoms with E-state index in [9.17, 15) is 15.1 Å². The van der Waals surface area contributed by atoms with Crippen molar-refractivity contribution >= 4 is 29.1 Å². The summed E-state index contributed by atoms with van der Waals surface area (Å²) in [5.74, 6) is 0.0656. The molecule has 0 atom stereocenters. The van der Waals surface area contributed by atoms with E-state index in [1.165, 1.54) is 23.1 Å². The number of halogens is 2. The molecule has 0 saturated heterocycles. The maximum atomic E-state index is 12.5. The second kappa shape index (κ2) is 9.27. The lowest BCUT2D eigenvalue weighted by Crippen LogP contribution is -2.28. The van der Waals surface area contributed by atoms with E-state index in [0.717, 1.165) is 0 Å². The van der Waals surface area contributed by atoms with E-state index in [-0.39, 0.29) is 28.2 Å². The Balaban J connectivity index is 1.42. The first kappa shape index (κ1) is 21.6. The van der Waals surface area contributed by atoms with Crippen LogP contribution in [0, 0.1) is 0 Å². The molecule has 1 aromatic heterocycles. The summed E-state index contributed by atoms with van der Waals surface area (Å²) in [5, 5.41) is 24.5. The fraction of sp³-hybridized carbons (Fsp3) is 0.0455. The van der Waals surface area contributed by atoms with Crippen LogP contribution in [0.5, 0.6) is 17.2 Å². The van der Waals surface area contributed by atoms with Gasteiger partial charge in [-0.15, -0.1) is 5.10 Å². The Morgan fingerprint density at radius 2 is 1.62 bits per heavy atom.